The van der Waals surface area contributed by atoms with Gasteiger partial charge in [-0.2, -0.15) is 0 Å². The number of hydrogen-bond acceptors (Lipinski definition) is 2. The topological polar surface area (TPSA) is 47.0 Å². The van der Waals surface area contributed by atoms with Crippen molar-refractivity contribution in [1.29, 1.82) is 0 Å². The molecule has 70 valence electrons. The van der Waals surface area contributed by atoms with Crippen molar-refractivity contribution in [2.24, 2.45) is 0 Å². The highest BCUT2D eigenvalue weighted by molar-refractivity contribution is 5.49. The zero-order valence-corrected chi connectivity index (χ0v) is 7.36. The first-order valence-corrected chi connectivity index (χ1v) is 4.38. The Bertz CT molecular complexity index is 539. The fraction of sp³-hybridized carbons (Fsp3) is 0.100. The lowest BCUT2D eigenvalue weighted by Gasteiger charge is -2.18. The number of aromatic amines is 1. The highest BCUT2D eigenvalue weighted by Gasteiger charge is 2.17. The van der Waals surface area contributed by atoms with Crippen LogP contribution in [0.25, 0.3) is 5.69 Å². The fourth-order valence-electron chi connectivity index (χ4n) is 1.69. The first-order chi connectivity index (χ1) is 6.86. The second-order valence-electron chi connectivity index (χ2n) is 3.18. The molecule has 4 heteroatoms. The summed E-state index contributed by atoms with van der Waals surface area (Å²) in [5.41, 5.74) is 1.55. The third-order valence-corrected chi connectivity index (χ3v) is 2.33. The quantitative estimate of drug-likeness (QED) is 0.671. The van der Waals surface area contributed by atoms with Crippen molar-refractivity contribution in [3.8, 4) is 11.4 Å². The molecule has 4 nitrogen and oxygen atoms in total. The van der Waals surface area contributed by atoms with E-state index < -0.39 is 0 Å². The van der Waals surface area contributed by atoms with Crippen LogP contribution in [0.1, 0.15) is 5.69 Å². The third kappa shape index (κ3) is 0.849. The van der Waals surface area contributed by atoms with E-state index in [1.807, 2.05) is 24.3 Å². The number of aromatic nitrogens is 2. The van der Waals surface area contributed by atoms with Gasteiger partial charge in [-0.25, -0.2) is 4.79 Å². The molecule has 0 spiro atoms. The normalized spacial score (nSPS) is 12.9. The number of ether oxygens (including phenoxy) is 1. The summed E-state index contributed by atoms with van der Waals surface area (Å²) in [6.07, 6.45) is 1.68. The molecule has 1 aliphatic heterocycles. The van der Waals surface area contributed by atoms with Crippen molar-refractivity contribution >= 4 is 0 Å². The molecule has 0 bridgehead atoms. The molecule has 0 fully saturated rings. The van der Waals surface area contributed by atoms with Crippen molar-refractivity contribution in [3.05, 3.63) is 46.6 Å². The number of fused-ring (bicyclic) bond motifs is 3. The van der Waals surface area contributed by atoms with E-state index in [1.165, 1.54) is 0 Å². The Hall–Kier alpha value is -1.97. The van der Waals surface area contributed by atoms with Crippen LogP contribution in [0.2, 0.25) is 0 Å². The van der Waals surface area contributed by atoms with Gasteiger partial charge in [-0.3, -0.25) is 4.57 Å². The first-order valence-electron chi connectivity index (χ1n) is 4.38. The second-order valence-corrected chi connectivity index (χ2v) is 3.18. The number of H-pyrrole nitrogens is 1. The van der Waals surface area contributed by atoms with E-state index in [-0.39, 0.29) is 5.69 Å². The molecule has 14 heavy (non-hydrogen) atoms. The van der Waals surface area contributed by atoms with Crippen LogP contribution in [-0.2, 0) is 6.61 Å². The predicted molar refractivity (Wildman–Crippen MR) is 50.7 cm³/mol. The minimum absolute atomic E-state index is 0.115. The van der Waals surface area contributed by atoms with Gasteiger partial charge in [-0.05, 0) is 12.1 Å². The van der Waals surface area contributed by atoms with Crippen LogP contribution in [0.5, 0.6) is 5.75 Å². The Kier molecular flexibility index (Phi) is 1.33. The average molecular weight is 188 g/mol. The van der Waals surface area contributed by atoms with E-state index >= 15 is 0 Å². The maximum Gasteiger partial charge on any atom is 0.330 e. The van der Waals surface area contributed by atoms with E-state index in [4.69, 9.17) is 4.74 Å². The van der Waals surface area contributed by atoms with Crippen molar-refractivity contribution < 1.29 is 4.74 Å². The molecule has 0 amide bonds. The number of hydrogen-bond donors (Lipinski definition) is 1. The van der Waals surface area contributed by atoms with Gasteiger partial charge in [0, 0.05) is 6.20 Å². The van der Waals surface area contributed by atoms with Gasteiger partial charge in [0.1, 0.15) is 12.4 Å². The van der Waals surface area contributed by atoms with E-state index in [1.54, 1.807) is 10.8 Å². The third-order valence-electron chi connectivity index (χ3n) is 2.33. The molecule has 2 heterocycles. The fourth-order valence-corrected chi connectivity index (χ4v) is 1.69. The average Bonchev–Trinajstić information content (AvgIpc) is 2.61. The monoisotopic (exact) mass is 188 g/mol. The van der Waals surface area contributed by atoms with Crippen LogP contribution in [0.3, 0.4) is 0 Å². The number of benzene rings is 1. The number of nitrogens with zero attached hydrogens (tertiary/aromatic N) is 1. The summed E-state index contributed by atoms with van der Waals surface area (Å²) in [5.74, 6) is 0.752. The molecule has 0 saturated heterocycles. The summed E-state index contributed by atoms with van der Waals surface area (Å²) in [6.45, 7) is 0.440. The molecular weight excluding hydrogens is 180 g/mol. The minimum Gasteiger partial charge on any atom is -0.485 e. The van der Waals surface area contributed by atoms with Gasteiger partial charge < -0.3 is 9.72 Å². The number of nitrogens with one attached hydrogen (secondary N) is 1. The standard InChI is InChI=1S/C10H8N2O2/c13-10-11-5-7-6-14-9-4-2-1-3-8(9)12(7)10/h1-5H,6H2,(H,11,13). The zero-order valence-electron chi connectivity index (χ0n) is 7.36. The van der Waals surface area contributed by atoms with Gasteiger partial charge in [0.2, 0.25) is 0 Å². The summed E-state index contributed by atoms with van der Waals surface area (Å²) in [5, 5.41) is 0. The van der Waals surface area contributed by atoms with Crippen molar-refractivity contribution in [2.75, 3.05) is 0 Å². The molecule has 3 rings (SSSR count). The molecule has 0 unspecified atom stereocenters. The van der Waals surface area contributed by atoms with Gasteiger partial charge in [-0.15, -0.1) is 0 Å². The molecule has 0 atom stereocenters. The van der Waals surface area contributed by atoms with Crippen molar-refractivity contribution in [3.63, 3.8) is 0 Å². The van der Waals surface area contributed by atoms with E-state index in [0.717, 1.165) is 17.1 Å². The van der Waals surface area contributed by atoms with Gasteiger partial charge >= 0.3 is 5.69 Å². The summed E-state index contributed by atoms with van der Waals surface area (Å²) in [7, 11) is 0. The lowest BCUT2D eigenvalue weighted by molar-refractivity contribution is 0.284. The molecule has 0 saturated carbocycles. The Morgan fingerprint density at radius 1 is 1.36 bits per heavy atom. The number of imidazole rings is 1. The van der Waals surface area contributed by atoms with E-state index in [2.05, 4.69) is 4.98 Å². The van der Waals surface area contributed by atoms with Crippen LogP contribution in [-0.4, -0.2) is 9.55 Å². The smallest absolute Gasteiger partial charge is 0.330 e. The van der Waals surface area contributed by atoms with Crippen LogP contribution < -0.4 is 10.4 Å². The Labute approximate surface area is 79.8 Å². The molecule has 1 aromatic heterocycles. The predicted octanol–water partition coefficient (Wildman–Crippen LogP) is 1.06. The lowest BCUT2D eigenvalue weighted by atomic mass is 10.2. The molecule has 1 N–H and O–H groups in total. The molecule has 1 aliphatic rings. The molecule has 0 radical (unpaired) electrons. The van der Waals surface area contributed by atoms with E-state index in [0.29, 0.717) is 6.61 Å². The first kappa shape index (κ1) is 7.44. The van der Waals surface area contributed by atoms with Gasteiger partial charge in [0.05, 0.1) is 11.4 Å². The van der Waals surface area contributed by atoms with Crippen LogP contribution >= 0.6 is 0 Å². The van der Waals surface area contributed by atoms with Crippen molar-refractivity contribution in [1.82, 2.24) is 9.55 Å². The van der Waals surface area contributed by atoms with Gasteiger partial charge in [-0.1, -0.05) is 12.1 Å². The summed E-state index contributed by atoms with van der Waals surface area (Å²) < 4.78 is 7.12. The molecule has 1 aromatic carbocycles. The van der Waals surface area contributed by atoms with Crippen LogP contribution in [0.4, 0.5) is 0 Å². The van der Waals surface area contributed by atoms with Crippen LogP contribution in [0.15, 0.2) is 35.3 Å². The number of rotatable bonds is 0. The van der Waals surface area contributed by atoms with Gasteiger partial charge in [0.25, 0.3) is 0 Å². The second kappa shape index (κ2) is 2.51. The molecule has 2 aromatic rings. The number of para-hydroxylation sites is 2. The van der Waals surface area contributed by atoms with Gasteiger partial charge in [0.15, 0.2) is 0 Å². The molecular formula is C10H8N2O2. The van der Waals surface area contributed by atoms with Crippen molar-refractivity contribution in [2.45, 2.75) is 6.61 Å². The van der Waals surface area contributed by atoms with Crippen LogP contribution in [0, 0.1) is 0 Å². The zero-order chi connectivity index (χ0) is 9.54. The Balaban J connectivity index is 2.38. The summed E-state index contributed by atoms with van der Waals surface area (Å²) in [6, 6.07) is 7.50. The Morgan fingerprint density at radius 2 is 2.21 bits per heavy atom. The SMILES string of the molecule is O=c1[nH]cc2n1-c1ccccc1OC2. The highest BCUT2D eigenvalue weighted by atomic mass is 16.5. The molecule has 0 aliphatic carbocycles. The van der Waals surface area contributed by atoms with E-state index in [9.17, 15) is 4.79 Å². The maximum absolute atomic E-state index is 11.5. The summed E-state index contributed by atoms with van der Waals surface area (Å²) >= 11 is 0. The minimum atomic E-state index is -0.115. The Morgan fingerprint density at radius 3 is 3.14 bits per heavy atom. The largest absolute Gasteiger partial charge is 0.485 e. The highest BCUT2D eigenvalue weighted by Crippen LogP contribution is 2.27. The maximum atomic E-state index is 11.5. The lowest BCUT2D eigenvalue weighted by Crippen LogP contribution is -2.21. The summed E-state index contributed by atoms with van der Waals surface area (Å²) in [4.78, 5) is 14.1.